The van der Waals surface area contributed by atoms with Crippen LogP contribution in [0, 0.1) is 52.3 Å². The van der Waals surface area contributed by atoms with Gasteiger partial charge in [-0.1, -0.05) is 53.9 Å². The molecule has 8 atom stereocenters. The summed E-state index contributed by atoms with van der Waals surface area (Å²) >= 11 is 0. The molecule has 0 radical (unpaired) electrons. The van der Waals surface area contributed by atoms with Gasteiger partial charge < -0.3 is 9.47 Å². The number of ketones is 1. The van der Waals surface area contributed by atoms with E-state index in [4.69, 9.17) is 9.47 Å². The average molecular weight is 447 g/mol. The Labute approximate surface area is 197 Å². The predicted molar refractivity (Wildman–Crippen MR) is 130 cm³/mol. The lowest BCUT2D eigenvalue weighted by atomic mass is 9.44. The van der Waals surface area contributed by atoms with Gasteiger partial charge in [-0.15, -0.1) is 0 Å². The standard InChI is InChI=1S/C29H50O3/c1-19(2)9-8-10-20(3)22-11-12-23-21-17-26(30)25-18-29(31-6,32-7)16-15-28(25,5)24(21)13-14-27(22,23)4/h19-25H,8-18H2,1-7H3/t20-,21+,22-,23+,24+,25-,27-,28-/m1/s1. The van der Waals surface area contributed by atoms with Gasteiger partial charge in [0, 0.05) is 39.4 Å². The highest BCUT2D eigenvalue weighted by Gasteiger charge is 2.64. The normalized spacial score (nSPS) is 44.1. The van der Waals surface area contributed by atoms with Crippen molar-refractivity contribution in [2.75, 3.05) is 14.2 Å². The molecule has 0 bridgehead atoms. The van der Waals surface area contributed by atoms with Crippen LogP contribution in [0.1, 0.15) is 105 Å². The summed E-state index contributed by atoms with van der Waals surface area (Å²) in [6.07, 6.45) is 13.1. The summed E-state index contributed by atoms with van der Waals surface area (Å²) in [5.41, 5.74) is 0.572. The molecule has 4 aliphatic rings. The number of carbonyl (C=O) groups excluding carboxylic acids is 1. The summed E-state index contributed by atoms with van der Waals surface area (Å²) in [5, 5.41) is 0. The van der Waals surface area contributed by atoms with Crippen LogP contribution in [0.15, 0.2) is 0 Å². The second-order valence-corrected chi connectivity index (χ2v) is 13.2. The van der Waals surface area contributed by atoms with Crippen molar-refractivity contribution in [2.45, 2.75) is 111 Å². The highest BCUT2D eigenvalue weighted by Crippen LogP contribution is 2.68. The number of Topliss-reactive ketones (excluding diaryl/α,β-unsaturated/α-hetero) is 1. The molecule has 0 N–H and O–H groups in total. The largest absolute Gasteiger partial charge is 0.353 e. The molecule has 0 aliphatic heterocycles. The molecular weight excluding hydrogens is 396 g/mol. The maximum Gasteiger partial charge on any atom is 0.168 e. The van der Waals surface area contributed by atoms with Crippen molar-refractivity contribution >= 4 is 5.78 Å². The Morgan fingerprint density at radius 2 is 1.59 bits per heavy atom. The Bertz CT molecular complexity index is 682. The second kappa shape index (κ2) is 8.99. The molecule has 4 fully saturated rings. The van der Waals surface area contributed by atoms with E-state index in [9.17, 15) is 4.79 Å². The number of methoxy groups -OCH3 is 2. The maximum absolute atomic E-state index is 13.6. The first-order chi connectivity index (χ1) is 15.1. The first-order valence-corrected chi connectivity index (χ1v) is 13.7. The van der Waals surface area contributed by atoms with Crippen molar-refractivity contribution in [3.63, 3.8) is 0 Å². The second-order valence-electron chi connectivity index (χ2n) is 13.2. The average Bonchev–Trinajstić information content (AvgIpc) is 3.11. The zero-order valence-corrected chi connectivity index (χ0v) is 22.0. The third-order valence-corrected chi connectivity index (χ3v) is 11.4. The molecule has 4 saturated carbocycles. The van der Waals surface area contributed by atoms with E-state index in [0.29, 0.717) is 23.0 Å². The van der Waals surface area contributed by atoms with E-state index in [0.717, 1.165) is 49.4 Å². The molecule has 4 aliphatic carbocycles. The molecule has 0 unspecified atom stereocenters. The van der Waals surface area contributed by atoms with Gasteiger partial charge in [0.25, 0.3) is 0 Å². The molecule has 4 rings (SSSR count). The van der Waals surface area contributed by atoms with Crippen LogP contribution in [-0.4, -0.2) is 25.8 Å². The van der Waals surface area contributed by atoms with Gasteiger partial charge in [-0.05, 0) is 78.4 Å². The van der Waals surface area contributed by atoms with E-state index in [1.165, 1.54) is 44.9 Å². The van der Waals surface area contributed by atoms with Crippen molar-refractivity contribution < 1.29 is 14.3 Å². The Morgan fingerprint density at radius 3 is 2.25 bits per heavy atom. The SMILES string of the molecule is COC1(OC)CC[C@@]2(C)[C@H](C1)C(=O)C[C@@H]1[C@@H]2CC[C@]2(C)[C@@H]([C@H](C)CCCC(C)C)CC[C@@H]12. The Morgan fingerprint density at radius 1 is 0.906 bits per heavy atom. The fraction of sp³-hybridized carbons (Fsp3) is 0.966. The zero-order valence-electron chi connectivity index (χ0n) is 22.0. The highest BCUT2D eigenvalue weighted by molar-refractivity contribution is 5.83. The van der Waals surface area contributed by atoms with Crippen LogP contribution in [-0.2, 0) is 14.3 Å². The van der Waals surface area contributed by atoms with E-state index in [1.807, 2.05) is 0 Å². The van der Waals surface area contributed by atoms with Gasteiger partial charge >= 0.3 is 0 Å². The Balaban J connectivity index is 1.51. The van der Waals surface area contributed by atoms with E-state index in [2.05, 4.69) is 34.6 Å². The summed E-state index contributed by atoms with van der Waals surface area (Å²) < 4.78 is 11.6. The number of hydrogen-bond acceptors (Lipinski definition) is 3. The van der Waals surface area contributed by atoms with E-state index < -0.39 is 5.79 Å². The number of rotatable bonds is 7. The summed E-state index contributed by atoms with van der Waals surface area (Å²) in [4.78, 5) is 13.6. The monoisotopic (exact) mass is 446 g/mol. The third-order valence-electron chi connectivity index (χ3n) is 11.4. The molecule has 0 aromatic rings. The van der Waals surface area contributed by atoms with Crippen LogP contribution in [0.2, 0.25) is 0 Å². The van der Waals surface area contributed by atoms with E-state index in [1.54, 1.807) is 14.2 Å². The minimum atomic E-state index is -0.556. The van der Waals surface area contributed by atoms with Crippen molar-refractivity contribution in [3.05, 3.63) is 0 Å². The first-order valence-electron chi connectivity index (χ1n) is 13.7. The summed E-state index contributed by atoms with van der Waals surface area (Å²) in [6, 6.07) is 0. The summed E-state index contributed by atoms with van der Waals surface area (Å²) in [5.74, 6) is 4.59. The molecule has 32 heavy (non-hydrogen) atoms. The predicted octanol–water partition coefficient (Wildman–Crippen LogP) is 7.28. The van der Waals surface area contributed by atoms with Gasteiger partial charge in [0.2, 0.25) is 0 Å². The minimum Gasteiger partial charge on any atom is -0.353 e. The van der Waals surface area contributed by atoms with Gasteiger partial charge in [-0.2, -0.15) is 0 Å². The van der Waals surface area contributed by atoms with Crippen LogP contribution < -0.4 is 0 Å². The van der Waals surface area contributed by atoms with Gasteiger partial charge in [-0.25, -0.2) is 0 Å². The molecule has 3 nitrogen and oxygen atoms in total. The Hall–Kier alpha value is -0.410. The lowest BCUT2D eigenvalue weighted by Gasteiger charge is -2.61. The lowest BCUT2D eigenvalue weighted by molar-refractivity contribution is -0.256. The van der Waals surface area contributed by atoms with E-state index >= 15 is 0 Å². The molecule has 0 heterocycles. The molecule has 0 amide bonds. The number of hydrogen-bond donors (Lipinski definition) is 0. The fourth-order valence-electron chi connectivity index (χ4n) is 9.45. The summed E-state index contributed by atoms with van der Waals surface area (Å²) in [6.45, 7) is 12.3. The van der Waals surface area contributed by atoms with Crippen LogP contribution in [0.25, 0.3) is 0 Å². The Kier molecular flexibility index (Phi) is 6.94. The van der Waals surface area contributed by atoms with Crippen molar-refractivity contribution in [2.24, 2.45) is 52.3 Å². The first kappa shape index (κ1) is 24.7. The van der Waals surface area contributed by atoms with Crippen molar-refractivity contribution in [1.29, 1.82) is 0 Å². The molecule has 184 valence electrons. The van der Waals surface area contributed by atoms with Crippen LogP contribution in [0.4, 0.5) is 0 Å². The van der Waals surface area contributed by atoms with Crippen LogP contribution in [0.3, 0.4) is 0 Å². The molecule has 0 aromatic heterocycles. The molecule has 0 spiro atoms. The molecule has 0 aromatic carbocycles. The fourth-order valence-corrected chi connectivity index (χ4v) is 9.45. The molecular formula is C29H50O3. The smallest absolute Gasteiger partial charge is 0.168 e. The highest BCUT2D eigenvalue weighted by atomic mass is 16.7. The van der Waals surface area contributed by atoms with E-state index in [-0.39, 0.29) is 11.3 Å². The van der Waals surface area contributed by atoms with Gasteiger partial charge in [0.05, 0.1) is 0 Å². The molecule has 3 heteroatoms. The van der Waals surface area contributed by atoms with Gasteiger partial charge in [0.15, 0.2) is 5.79 Å². The van der Waals surface area contributed by atoms with Crippen LogP contribution >= 0.6 is 0 Å². The summed E-state index contributed by atoms with van der Waals surface area (Å²) in [7, 11) is 3.49. The number of ether oxygens (including phenoxy) is 2. The van der Waals surface area contributed by atoms with Crippen molar-refractivity contribution in [3.8, 4) is 0 Å². The zero-order chi connectivity index (χ0) is 23.3. The van der Waals surface area contributed by atoms with Crippen molar-refractivity contribution in [1.82, 2.24) is 0 Å². The van der Waals surface area contributed by atoms with Gasteiger partial charge in [-0.3, -0.25) is 4.79 Å². The topological polar surface area (TPSA) is 35.5 Å². The third kappa shape index (κ3) is 3.92. The quantitative estimate of drug-likeness (QED) is 0.386. The lowest BCUT2D eigenvalue weighted by Crippen LogP contribution is -2.59. The maximum atomic E-state index is 13.6. The molecule has 0 saturated heterocycles. The number of carbonyl (C=O) groups is 1. The van der Waals surface area contributed by atoms with Crippen LogP contribution in [0.5, 0.6) is 0 Å². The number of fused-ring (bicyclic) bond motifs is 5. The minimum absolute atomic E-state index is 0.105. The van der Waals surface area contributed by atoms with Gasteiger partial charge in [0.1, 0.15) is 5.78 Å².